The number of rotatable bonds is 7. The number of ether oxygens (including phenoxy) is 3. The van der Waals surface area contributed by atoms with Crippen molar-refractivity contribution < 1.29 is 19.0 Å². The minimum atomic E-state index is -0.363. The van der Waals surface area contributed by atoms with Crippen molar-refractivity contribution in [3.63, 3.8) is 0 Å². The van der Waals surface area contributed by atoms with Crippen LogP contribution in [0.15, 0.2) is 0 Å². The lowest BCUT2D eigenvalue weighted by molar-refractivity contribution is -0.182. The molecule has 3 saturated carbocycles. The van der Waals surface area contributed by atoms with Gasteiger partial charge in [-0.1, -0.05) is 27.2 Å². The maximum atomic E-state index is 13.3. The first-order chi connectivity index (χ1) is 13.8. The Balaban J connectivity index is 1.72. The first kappa shape index (κ1) is 23.1. The van der Waals surface area contributed by atoms with Gasteiger partial charge in [0.2, 0.25) is 0 Å². The van der Waals surface area contributed by atoms with E-state index < -0.39 is 0 Å². The summed E-state index contributed by atoms with van der Waals surface area (Å²) in [6.45, 7) is 10.2. The highest BCUT2D eigenvalue weighted by atomic mass is 16.6. The standard InChI is InChI=1S/C25H44O4/c1-17(2)18-8-10-21-19(14-18)9-11-22-24(21,3)12-7-13-25(22,4)23(26)29-16-20(28-6)15-27-5/h17-22H,7-16H2,1-6H3. The Morgan fingerprint density at radius 3 is 2.45 bits per heavy atom. The molecule has 7 unspecified atom stereocenters. The quantitative estimate of drug-likeness (QED) is 0.523. The number of carbonyl (C=O) groups is 1. The van der Waals surface area contributed by atoms with Crippen molar-refractivity contribution in [3.05, 3.63) is 0 Å². The van der Waals surface area contributed by atoms with Crippen LogP contribution in [0.2, 0.25) is 0 Å². The van der Waals surface area contributed by atoms with Gasteiger partial charge in [0.1, 0.15) is 12.7 Å². The third-order valence-electron chi connectivity index (χ3n) is 9.17. The maximum Gasteiger partial charge on any atom is 0.312 e. The number of carbonyl (C=O) groups excluding carboxylic acids is 1. The molecule has 3 rings (SSSR count). The van der Waals surface area contributed by atoms with Crippen LogP contribution in [-0.4, -0.2) is 39.5 Å². The van der Waals surface area contributed by atoms with E-state index in [-0.39, 0.29) is 29.5 Å². The van der Waals surface area contributed by atoms with Crippen LogP contribution in [-0.2, 0) is 19.0 Å². The number of fused-ring (bicyclic) bond motifs is 3. The van der Waals surface area contributed by atoms with Gasteiger partial charge in [0.05, 0.1) is 12.0 Å². The summed E-state index contributed by atoms with van der Waals surface area (Å²) in [5.74, 6) is 3.76. The number of esters is 1. The lowest BCUT2D eigenvalue weighted by Gasteiger charge is -2.61. The van der Waals surface area contributed by atoms with E-state index in [1.54, 1.807) is 14.2 Å². The van der Waals surface area contributed by atoms with Crippen molar-refractivity contribution in [2.75, 3.05) is 27.4 Å². The first-order valence-electron chi connectivity index (χ1n) is 11.9. The second-order valence-electron chi connectivity index (χ2n) is 11.0. The molecule has 3 fully saturated rings. The Kier molecular flexibility index (Phi) is 7.36. The second kappa shape index (κ2) is 9.26. The average Bonchev–Trinajstić information content (AvgIpc) is 2.70. The Labute approximate surface area is 178 Å². The van der Waals surface area contributed by atoms with E-state index in [4.69, 9.17) is 14.2 Å². The molecule has 168 valence electrons. The fourth-order valence-electron chi connectivity index (χ4n) is 7.43. The van der Waals surface area contributed by atoms with Gasteiger partial charge in [-0.15, -0.1) is 0 Å². The molecule has 29 heavy (non-hydrogen) atoms. The molecule has 0 heterocycles. The van der Waals surface area contributed by atoms with Gasteiger partial charge in [0.15, 0.2) is 0 Å². The normalized spacial score (nSPS) is 40.8. The number of hydrogen-bond acceptors (Lipinski definition) is 4. The highest BCUT2D eigenvalue weighted by molar-refractivity contribution is 5.77. The lowest BCUT2D eigenvalue weighted by atomic mass is 9.43. The molecule has 0 radical (unpaired) electrons. The summed E-state index contributed by atoms with van der Waals surface area (Å²) < 4.78 is 16.4. The summed E-state index contributed by atoms with van der Waals surface area (Å²) in [6.07, 6.45) is 9.78. The third-order valence-corrected chi connectivity index (χ3v) is 9.17. The zero-order chi connectivity index (χ0) is 21.2. The van der Waals surface area contributed by atoms with E-state index in [9.17, 15) is 4.79 Å². The molecule has 0 aromatic rings. The molecule has 0 aromatic heterocycles. The molecule has 0 aromatic carbocycles. The molecule has 0 aliphatic heterocycles. The average molecular weight is 409 g/mol. The molecular formula is C25H44O4. The smallest absolute Gasteiger partial charge is 0.312 e. The van der Waals surface area contributed by atoms with E-state index in [1.807, 2.05) is 0 Å². The monoisotopic (exact) mass is 408 g/mol. The van der Waals surface area contributed by atoms with Crippen LogP contribution in [0.5, 0.6) is 0 Å². The molecule has 4 nitrogen and oxygen atoms in total. The van der Waals surface area contributed by atoms with Crippen LogP contribution in [0.25, 0.3) is 0 Å². The lowest BCUT2D eigenvalue weighted by Crippen LogP contribution is -2.56. The van der Waals surface area contributed by atoms with E-state index in [1.165, 1.54) is 38.5 Å². The molecule has 0 N–H and O–H groups in total. The largest absolute Gasteiger partial charge is 0.462 e. The molecule has 0 bridgehead atoms. The van der Waals surface area contributed by atoms with Gasteiger partial charge < -0.3 is 14.2 Å². The van der Waals surface area contributed by atoms with Crippen molar-refractivity contribution in [1.82, 2.24) is 0 Å². The molecular weight excluding hydrogens is 364 g/mol. The number of hydrogen-bond donors (Lipinski definition) is 0. The molecule has 0 saturated heterocycles. The van der Waals surface area contributed by atoms with Crippen LogP contribution < -0.4 is 0 Å². The highest BCUT2D eigenvalue weighted by Gasteiger charge is 2.59. The topological polar surface area (TPSA) is 44.8 Å². The summed E-state index contributed by atoms with van der Waals surface area (Å²) >= 11 is 0. The van der Waals surface area contributed by atoms with E-state index in [0.717, 1.165) is 36.5 Å². The van der Waals surface area contributed by atoms with Gasteiger partial charge in [-0.2, -0.15) is 0 Å². The van der Waals surface area contributed by atoms with Gasteiger partial charge in [0, 0.05) is 14.2 Å². The van der Waals surface area contributed by atoms with Gasteiger partial charge in [-0.05, 0) is 86.9 Å². The SMILES string of the molecule is COCC(COC(=O)C1(C)CCCC2(C)C3CCC(C(C)C)CC3CCC12)OC. The Morgan fingerprint density at radius 2 is 1.79 bits per heavy atom. The summed E-state index contributed by atoms with van der Waals surface area (Å²) in [5.41, 5.74) is -0.0810. The number of methoxy groups -OCH3 is 2. The van der Waals surface area contributed by atoms with Crippen LogP contribution in [0, 0.1) is 40.4 Å². The maximum absolute atomic E-state index is 13.3. The highest BCUT2D eigenvalue weighted by Crippen LogP contribution is 2.64. The molecule has 3 aliphatic rings. The zero-order valence-electron chi connectivity index (χ0n) is 19.7. The van der Waals surface area contributed by atoms with Gasteiger partial charge in [0.25, 0.3) is 0 Å². The van der Waals surface area contributed by atoms with Gasteiger partial charge >= 0.3 is 5.97 Å². The summed E-state index contributed by atoms with van der Waals surface area (Å²) in [5, 5.41) is 0. The first-order valence-corrected chi connectivity index (χ1v) is 11.9. The van der Waals surface area contributed by atoms with Crippen LogP contribution in [0.3, 0.4) is 0 Å². The molecule has 3 aliphatic carbocycles. The Hall–Kier alpha value is -0.610. The van der Waals surface area contributed by atoms with Crippen molar-refractivity contribution in [3.8, 4) is 0 Å². The summed E-state index contributed by atoms with van der Waals surface area (Å²) in [7, 11) is 3.29. The van der Waals surface area contributed by atoms with Crippen LogP contribution in [0.1, 0.15) is 79.1 Å². The summed E-state index contributed by atoms with van der Waals surface area (Å²) in [6, 6.07) is 0. The third kappa shape index (κ3) is 4.39. The van der Waals surface area contributed by atoms with Gasteiger partial charge in [-0.3, -0.25) is 4.79 Å². The molecule has 0 amide bonds. The zero-order valence-corrected chi connectivity index (χ0v) is 19.7. The summed E-state index contributed by atoms with van der Waals surface area (Å²) in [4.78, 5) is 13.3. The van der Waals surface area contributed by atoms with Crippen LogP contribution >= 0.6 is 0 Å². The predicted molar refractivity (Wildman–Crippen MR) is 116 cm³/mol. The van der Waals surface area contributed by atoms with Crippen molar-refractivity contribution in [2.24, 2.45) is 40.4 Å². The fourth-order valence-corrected chi connectivity index (χ4v) is 7.43. The molecule has 0 spiro atoms. The molecule has 7 atom stereocenters. The van der Waals surface area contributed by atoms with Crippen molar-refractivity contribution in [1.29, 1.82) is 0 Å². The minimum absolute atomic E-state index is 0.0131. The van der Waals surface area contributed by atoms with Gasteiger partial charge in [-0.25, -0.2) is 0 Å². The van der Waals surface area contributed by atoms with Crippen molar-refractivity contribution >= 4 is 5.97 Å². The van der Waals surface area contributed by atoms with E-state index in [2.05, 4.69) is 27.7 Å². The Bertz CT molecular complexity index is 561. The van der Waals surface area contributed by atoms with E-state index in [0.29, 0.717) is 12.5 Å². The van der Waals surface area contributed by atoms with Crippen molar-refractivity contribution in [2.45, 2.75) is 85.2 Å². The van der Waals surface area contributed by atoms with E-state index >= 15 is 0 Å². The molecule has 4 heteroatoms. The fraction of sp³-hybridized carbons (Fsp3) is 0.960. The minimum Gasteiger partial charge on any atom is -0.462 e. The second-order valence-corrected chi connectivity index (χ2v) is 11.0. The Morgan fingerprint density at radius 1 is 1.03 bits per heavy atom. The predicted octanol–water partition coefficient (Wildman–Crippen LogP) is 5.49. The van der Waals surface area contributed by atoms with Crippen LogP contribution in [0.4, 0.5) is 0 Å².